The van der Waals surface area contributed by atoms with E-state index in [-0.39, 0.29) is 60.7 Å². The first-order valence-electron chi connectivity index (χ1n) is 20.5. The van der Waals surface area contributed by atoms with Gasteiger partial charge in [-0.15, -0.1) is 12.4 Å². The normalized spacial score (nSPS) is 22.7. The molecular weight excluding hydrogens is 758 g/mol. The highest BCUT2D eigenvalue weighted by atomic mass is 35.5. The van der Waals surface area contributed by atoms with Crippen LogP contribution < -0.4 is 21.3 Å². The third-order valence-corrected chi connectivity index (χ3v) is 12.5. The van der Waals surface area contributed by atoms with Gasteiger partial charge >= 0.3 is 0 Å². The minimum Gasteiger partial charge on any atom is -0.384 e. The molecule has 6 amide bonds. The Morgan fingerprint density at radius 1 is 0.603 bits per heavy atom. The van der Waals surface area contributed by atoms with Gasteiger partial charge in [0.25, 0.3) is 11.8 Å². The number of nitrogens with zero attached hydrogens (tertiary/aromatic N) is 3. The molecule has 3 aromatic rings. The lowest BCUT2D eigenvalue weighted by Crippen LogP contribution is -2.52. The van der Waals surface area contributed by atoms with E-state index in [0.717, 1.165) is 81.8 Å². The van der Waals surface area contributed by atoms with E-state index in [4.69, 9.17) is 0 Å². The van der Waals surface area contributed by atoms with Gasteiger partial charge in [-0.1, -0.05) is 42.5 Å². The molecule has 9 rings (SSSR count). The lowest BCUT2D eigenvalue weighted by molar-refractivity contribution is -0.138. The highest BCUT2D eigenvalue weighted by Crippen LogP contribution is 2.35. The maximum atomic E-state index is 12.9. The number of carbonyl (C=O) groups is 6. The van der Waals surface area contributed by atoms with Crippen LogP contribution in [-0.2, 0) is 32.3 Å². The van der Waals surface area contributed by atoms with Gasteiger partial charge < -0.3 is 25.3 Å². The molecule has 0 aliphatic carbocycles. The number of nitrogens with one attached hydrogen (secondary N) is 4. The summed E-state index contributed by atoms with van der Waals surface area (Å²) in [6.45, 7) is 7.07. The number of benzene rings is 3. The predicted molar refractivity (Wildman–Crippen MR) is 220 cm³/mol. The second kappa shape index (κ2) is 18.2. The number of para-hydroxylation sites is 1. The quantitative estimate of drug-likeness (QED) is 0.246. The Labute approximate surface area is 345 Å². The van der Waals surface area contributed by atoms with Gasteiger partial charge in [-0.2, -0.15) is 0 Å². The molecule has 0 radical (unpaired) electrons. The Bertz CT molecular complexity index is 2050. The summed E-state index contributed by atoms with van der Waals surface area (Å²) in [7, 11) is 0. The third kappa shape index (κ3) is 8.96. The number of imide groups is 2. The summed E-state index contributed by atoms with van der Waals surface area (Å²) in [6.07, 6.45) is 5.81. The Morgan fingerprint density at radius 2 is 1.10 bits per heavy atom. The van der Waals surface area contributed by atoms with E-state index in [1.165, 1.54) is 11.1 Å². The second-order valence-corrected chi connectivity index (χ2v) is 16.1. The lowest BCUT2D eigenvalue weighted by atomic mass is 9.88. The summed E-state index contributed by atoms with van der Waals surface area (Å²) >= 11 is 0. The molecule has 0 spiro atoms. The molecule has 0 saturated carbocycles. The average molecular weight is 810 g/mol. The monoisotopic (exact) mass is 809 g/mol. The maximum absolute atomic E-state index is 12.9. The van der Waals surface area contributed by atoms with Gasteiger partial charge in [-0.25, -0.2) is 0 Å². The topological polar surface area (TPSA) is 160 Å². The molecule has 2 atom stereocenters. The molecule has 4 N–H and O–H groups in total. The summed E-state index contributed by atoms with van der Waals surface area (Å²) in [6, 6.07) is 21.5. The molecule has 14 heteroatoms. The van der Waals surface area contributed by atoms with Crippen LogP contribution in [0.4, 0.5) is 5.69 Å². The van der Waals surface area contributed by atoms with Crippen molar-refractivity contribution in [1.82, 2.24) is 30.7 Å². The van der Waals surface area contributed by atoms with Crippen LogP contribution in [0.25, 0.3) is 0 Å². The van der Waals surface area contributed by atoms with E-state index in [0.29, 0.717) is 48.9 Å². The molecule has 6 heterocycles. The van der Waals surface area contributed by atoms with Gasteiger partial charge in [-0.05, 0) is 123 Å². The fourth-order valence-electron chi connectivity index (χ4n) is 9.26. The third-order valence-electron chi connectivity index (χ3n) is 12.5. The largest absolute Gasteiger partial charge is 0.384 e. The Kier molecular flexibility index (Phi) is 12.9. The first-order valence-corrected chi connectivity index (χ1v) is 20.5. The van der Waals surface area contributed by atoms with Gasteiger partial charge in [0.1, 0.15) is 12.1 Å². The number of halogens is 1. The molecule has 2 unspecified atom stereocenters. The average Bonchev–Trinajstić information content (AvgIpc) is 3.73. The summed E-state index contributed by atoms with van der Waals surface area (Å²) in [5.74, 6) is -0.404. The van der Waals surface area contributed by atoms with Crippen molar-refractivity contribution >= 4 is 53.5 Å². The smallest absolute Gasteiger partial charge is 0.255 e. The van der Waals surface area contributed by atoms with Gasteiger partial charge in [-0.3, -0.25) is 39.4 Å². The number of anilines is 1. The zero-order chi connectivity index (χ0) is 39.5. The fraction of sp³-hybridized carbons (Fsp3) is 0.455. The summed E-state index contributed by atoms with van der Waals surface area (Å²) in [5.41, 5.74) is 7.11. The van der Waals surface area contributed by atoms with Gasteiger partial charge in [0.05, 0.1) is 0 Å². The van der Waals surface area contributed by atoms with E-state index in [9.17, 15) is 28.8 Å². The number of likely N-dealkylation sites (tertiary alicyclic amines) is 1. The lowest BCUT2D eigenvalue weighted by Gasteiger charge is -2.32. The molecule has 58 heavy (non-hydrogen) atoms. The molecule has 0 bridgehead atoms. The maximum Gasteiger partial charge on any atom is 0.255 e. The number of hydrogen-bond donors (Lipinski definition) is 4. The highest BCUT2D eigenvalue weighted by Gasteiger charge is 2.41. The second-order valence-electron chi connectivity index (χ2n) is 16.1. The number of piperidine rings is 4. The number of amides is 6. The molecule has 3 aromatic carbocycles. The van der Waals surface area contributed by atoms with Crippen molar-refractivity contribution in [2.45, 2.75) is 88.4 Å². The van der Waals surface area contributed by atoms with Crippen LogP contribution in [0.5, 0.6) is 0 Å². The summed E-state index contributed by atoms with van der Waals surface area (Å²) in [5, 5.41) is 11.5. The zero-order valence-electron chi connectivity index (χ0n) is 32.7. The van der Waals surface area contributed by atoms with Gasteiger partial charge in [0.15, 0.2) is 0 Å². The first-order chi connectivity index (χ1) is 27.7. The van der Waals surface area contributed by atoms with Crippen molar-refractivity contribution in [2.75, 3.05) is 44.6 Å². The van der Waals surface area contributed by atoms with E-state index >= 15 is 0 Å². The molecule has 6 aliphatic heterocycles. The van der Waals surface area contributed by atoms with Crippen LogP contribution in [-0.4, -0.2) is 101 Å². The number of carbonyl (C=O) groups excluding carboxylic acids is 6. The van der Waals surface area contributed by atoms with Crippen molar-refractivity contribution in [3.8, 4) is 0 Å². The van der Waals surface area contributed by atoms with Crippen LogP contribution >= 0.6 is 12.4 Å². The SMILES string of the molecule is Cl.O=C1CCC(N2Cc3cc(C4CCN(CCNc5ccccc5)CC4)ccc3C2=O)C(=O)N1.O=C1CCC(N2Cc3cc(C4CCNCC4)ccc3C2=O)C(=O)N1. The molecule has 306 valence electrons. The Hall–Kier alpha value is -5.11. The molecule has 6 aliphatic rings. The van der Waals surface area contributed by atoms with E-state index in [1.807, 2.05) is 30.3 Å². The van der Waals surface area contributed by atoms with Crippen LogP contribution in [0.1, 0.15) is 106 Å². The highest BCUT2D eigenvalue weighted by molar-refractivity contribution is 6.06. The van der Waals surface area contributed by atoms with Crippen molar-refractivity contribution in [2.24, 2.45) is 0 Å². The minimum atomic E-state index is -0.557. The summed E-state index contributed by atoms with van der Waals surface area (Å²) in [4.78, 5) is 78.4. The molecule has 13 nitrogen and oxygen atoms in total. The van der Waals surface area contributed by atoms with E-state index in [2.05, 4.69) is 62.6 Å². The predicted octanol–water partition coefficient (Wildman–Crippen LogP) is 4.08. The van der Waals surface area contributed by atoms with Crippen molar-refractivity contribution < 1.29 is 28.8 Å². The van der Waals surface area contributed by atoms with Gasteiger partial charge in [0.2, 0.25) is 23.6 Å². The Balaban J connectivity index is 0.000000182. The molecule has 4 fully saturated rings. The van der Waals surface area contributed by atoms with Crippen LogP contribution in [0.15, 0.2) is 66.7 Å². The van der Waals surface area contributed by atoms with Crippen molar-refractivity contribution in [1.29, 1.82) is 0 Å². The molecule has 0 aromatic heterocycles. The van der Waals surface area contributed by atoms with Crippen LogP contribution in [0.3, 0.4) is 0 Å². The van der Waals surface area contributed by atoms with Crippen LogP contribution in [0, 0.1) is 0 Å². The Morgan fingerprint density at radius 3 is 1.60 bits per heavy atom. The van der Waals surface area contributed by atoms with E-state index < -0.39 is 12.1 Å². The standard InChI is InChI=1S/C26H30N4O3.C18H21N3O3.ClH/c31-24-9-8-23(25(32)28-24)30-17-20-16-19(6-7-22(20)26(30)33)18-10-13-29(14-11-18)15-12-27-21-4-2-1-3-5-21;22-16-4-3-15(17(23)20-16)21-10-13-9-12(1-2-14(13)18(21)24)11-5-7-19-8-6-11;/h1-7,16,18,23,27H,8-15,17H2,(H,28,31,32);1-2,9,11,15,19H,3-8,10H2,(H,20,22,23);1H. The number of fused-ring (bicyclic) bond motifs is 2. The summed E-state index contributed by atoms with van der Waals surface area (Å²) < 4.78 is 0. The fourth-order valence-corrected chi connectivity index (χ4v) is 9.26. The van der Waals surface area contributed by atoms with Crippen LogP contribution in [0.2, 0.25) is 0 Å². The number of rotatable bonds is 8. The minimum absolute atomic E-state index is 0. The van der Waals surface area contributed by atoms with E-state index in [1.54, 1.807) is 9.80 Å². The molecule has 4 saturated heterocycles. The zero-order valence-corrected chi connectivity index (χ0v) is 33.5. The molecular formula is C44H52ClN7O6. The van der Waals surface area contributed by atoms with Crippen molar-refractivity contribution in [3.05, 3.63) is 100 Å². The number of hydrogen-bond acceptors (Lipinski definition) is 9. The van der Waals surface area contributed by atoms with Crippen molar-refractivity contribution in [3.63, 3.8) is 0 Å². The first kappa shape index (κ1) is 41.1. The van der Waals surface area contributed by atoms with Gasteiger partial charge in [0, 0.05) is 55.8 Å².